The van der Waals surface area contributed by atoms with Gasteiger partial charge in [0.15, 0.2) is 5.78 Å². The lowest BCUT2D eigenvalue weighted by Gasteiger charge is -2.09. The van der Waals surface area contributed by atoms with E-state index in [1.54, 1.807) is 0 Å². The Bertz CT molecular complexity index is 331. The number of Topliss-reactive ketones (excluding diaryl/α,β-unsaturated/α-hetero) is 1. The van der Waals surface area contributed by atoms with E-state index < -0.39 is 0 Å². The van der Waals surface area contributed by atoms with E-state index in [4.69, 9.17) is 4.74 Å². The quantitative estimate of drug-likeness (QED) is 0.515. The molecule has 0 aliphatic heterocycles. The van der Waals surface area contributed by atoms with Gasteiger partial charge in [0.2, 0.25) is 0 Å². The Labute approximate surface area is 97.6 Å². The zero-order valence-corrected chi connectivity index (χ0v) is 10.2. The summed E-state index contributed by atoms with van der Waals surface area (Å²) in [4.78, 5) is 11.6. The number of para-hydroxylation sites is 1. The van der Waals surface area contributed by atoms with Gasteiger partial charge in [-0.15, -0.1) is 0 Å². The normalized spacial score (nSPS) is 10.1. The maximum Gasteiger partial charge on any atom is 0.166 e. The molecule has 0 aromatic heterocycles. The van der Waals surface area contributed by atoms with Gasteiger partial charge in [-0.2, -0.15) is 0 Å². The second kappa shape index (κ2) is 7.04. The molecule has 0 fully saturated rings. The van der Waals surface area contributed by atoms with Gasteiger partial charge in [-0.05, 0) is 18.6 Å². The van der Waals surface area contributed by atoms with Crippen LogP contribution in [0, 0.1) is 0 Å². The van der Waals surface area contributed by atoms with Crippen LogP contribution in [0.15, 0.2) is 24.3 Å². The van der Waals surface area contributed by atoms with Crippen LogP contribution < -0.4 is 4.74 Å². The number of ketones is 1. The number of carbonyl (C=O) groups excluding carboxylic acids is 1. The van der Waals surface area contributed by atoms with Gasteiger partial charge in [0, 0.05) is 6.42 Å². The van der Waals surface area contributed by atoms with E-state index in [1.165, 1.54) is 12.8 Å². The molecule has 0 saturated carbocycles. The van der Waals surface area contributed by atoms with Gasteiger partial charge < -0.3 is 4.74 Å². The largest absolute Gasteiger partial charge is 0.493 e. The summed E-state index contributed by atoms with van der Waals surface area (Å²) in [6, 6.07) is 7.49. The van der Waals surface area contributed by atoms with Crippen molar-refractivity contribution in [2.24, 2.45) is 0 Å². The third-order valence-electron chi connectivity index (χ3n) is 2.51. The minimum atomic E-state index is 0.145. The maximum atomic E-state index is 11.6. The average Bonchev–Trinajstić information content (AvgIpc) is 2.34. The summed E-state index contributed by atoms with van der Waals surface area (Å²) in [7, 11) is 0. The number of ether oxygens (including phenoxy) is 1. The predicted octanol–water partition coefficient (Wildman–Crippen LogP) is 3.85. The highest BCUT2D eigenvalue weighted by Gasteiger charge is 2.09. The summed E-state index contributed by atoms with van der Waals surface area (Å²) in [6.45, 7) is 4.73. The van der Waals surface area contributed by atoms with Crippen LogP contribution in [0.4, 0.5) is 0 Å². The van der Waals surface area contributed by atoms with Crippen molar-refractivity contribution in [3.05, 3.63) is 29.8 Å². The molecule has 2 heteroatoms. The first-order valence-electron chi connectivity index (χ1n) is 6.04. The molecule has 0 bridgehead atoms. The van der Waals surface area contributed by atoms with Crippen molar-refractivity contribution in [3.8, 4) is 5.75 Å². The molecule has 0 spiro atoms. The molecule has 0 amide bonds. The van der Waals surface area contributed by atoms with Gasteiger partial charge >= 0.3 is 0 Å². The third-order valence-corrected chi connectivity index (χ3v) is 2.51. The van der Waals surface area contributed by atoms with Crippen molar-refractivity contribution < 1.29 is 9.53 Å². The molecule has 88 valence electrons. The van der Waals surface area contributed by atoms with Gasteiger partial charge in [-0.25, -0.2) is 0 Å². The smallest absolute Gasteiger partial charge is 0.166 e. The number of unbranched alkanes of at least 4 members (excludes halogenated alkanes) is 2. The molecule has 0 aliphatic rings. The number of rotatable bonds is 7. The number of hydrogen-bond donors (Lipinski definition) is 0. The molecule has 0 radical (unpaired) electrons. The van der Waals surface area contributed by atoms with E-state index in [0.29, 0.717) is 18.6 Å². The van der Waals surface area contributed by atoms with Crippen molar-refractivity contribution in [2.45, 2.75) is 39.5 Å². The maximum absolute atomic E-state index is 11.6. The molecule has 0 N–H and O–H groups in total. The highest BCUT2D eigenvalue weighted by atomic mass is 16.5. The Morgan fingerprint density at radius 1 is 1.19 bits per heavy atom. The topological polar surface area (TPSA) is 26.3 Å². The molecule has 1 rings (SSSR count). The zero-order chi connectivity index (χ0) is 11.8. The fourth-order valence-corrected chi connectivity index (χ4v) is 1.55. The number of hydrogen-bond acceptors (Lipinski definition) is 2. The van der Waals surface area contributed by atoms with Crippen LogP contribution in [0.25, 0.3) is 0 Å². The Kier molecular flexibility index (Phi) is 5.62. The van der Waals surface area contributed by atoms with E-state index in [-0.39, 0.29) is 5.78 Å². The SMILES string of the molecule is CCCCCOc1ccccc1C(=O)CC. The lowest BCUT2D eigenvalue weighted by molar-refractivity contribution is 0.0984. The summed E-state index contributed by atoms with van der Waals surface area (Å²) in [5.74, 6) is 0.872. The van der Waals surface area contributed by atoms with Gasteiger partial charge in [-0.3, -0.25) is 4.79 Å². The minimum absolute atomic E-state index is 0.145. The molecule has 0 aliphatic carbocycles. The van der Waals surface area contributed by atoms with Crippen LogP contribution in [-0.4, -0.2) is 12.4 Å². The Morgan fingerprint density at radius 2 is 1.94 bits per heavy atom. The molecule has 0 unspecified atom stereocenters. The summed E-state index contributed by atoms with van der Waals surface area (Å²) in [6.07, 6.45) is 3.92. The van der Waals surface area contributed by atoms with Crippen molar-refractivity contribution >= 4 is 5.78 Å². The zero-order valence-electron chi connectivity index (χ0n) is 10.2. The van der Waals surface area contributed by atoms with E-state index in [2.05, 4.69) is 6.92 Å². The van der Waals surface area contributed by atoms with Gasteiger partial charge in [0.05, 0.1) is 12.2 Å². The van der Waals surface area contributed by atoms with E-state index >= 15 is 0 Å². The van der Waals surface area contributed by atoms with Gasteiger partial charge in [0.1, 0.15) is 5.75 Å². The van der Waals surface area contributed by atoms with Gasteiger partial charge in [0.25, 0.3) is 0 Å². The molecule has 1 aromatic carbocycles. The first-order chi connectivity index (χ1) is 7.79. The second-order valence-electron chi connectivity index (χ2n) is 3.83. The molecular formula is C14H20O2. The Hall–Kier alpha value is -1.31. The summed E-state index contributed by atoms with van der Waals surface area (Å²) in [5.41, 5.74) is 0.710. The van der Waals surface area contributed by atoms with Crippen LogP contribution in [0.5, 0.6) is 5.75 Å². The van der Waals surface area contributed by atoms with Crippen molar-refractivity contribution in [1.29, 1.82) is 0 Å². The fraction of sp³-hybridized carbons (Fsp3) is 0.500. The van der Waals surface area contributed by atoms with Crippen LogP contribution in [0.3, 0.4) is 0 Å². The molecular weight excluding hydrogens is 200 g/mol. The molecule has 0 saturated heterocycles. The van der Waals surface area contributed by atoms with Crippen LogP contribution in [0.1, 0.15) is 49.9 Å². The van der Waals surface area contributed by atoms with Gasteiger partial charge in [-0.1, -0.05) is 38.8 Å². The van der Waals surface area contributed by atoms with Crippen LogP contribution >= 0.6 is 0 Å². The highest BCUT2D eigenvalue weighted by molar-refractivity contribution is 5.98. The van der Waals surface area contributed by atoms with E-state index in [0.717, 1.165) is 12.2 Å². The summed E-state index contributed by atoms with van der Waals surface area (Å²) >= 11 is 0. The molecule has 16 heavy (non-hydrogen) atoms. The number of carbonyl (C=O) groups is 1. The summed E-state index contributed by atoms with van der Waals surface area (Å²) in [5, 5.41) is 0. The first kappa shape index (κ1) is 12.8. The minimum Gasteiger partial charge on any atom is -0.493 e. The predicted molar refractivity (Wildman–Crippen MR) is 66.1 cm³/mol. The number of benzene rings is 1. The van der Waals surface area contributed by atoms with Crippen LogP contribution in [0.2, 0.25) is 0 Å². The monoisotopic (exact) mass is 220 g/mol. The lowest BCUT2D eigenvalue weighted by atomic mass is 10.1. The Morgan fingerprint density at radius 3 is 2.62 bits per heavy atom. The van der Waals surface area contributed by atoms with E-state index in [1.807, 2.05) is 31.2 Å². The standard InChI is InChI=1S/C14H20O2/c1-3-5-8-11-16-14-10-7-6-9-12(14)13(15)4-2/h6-7,9-10H,3-5,8,11H2,1-2H3. The molecule has 2 nitrogen and oxygen atoms in total. The summed E-state index contributed by atoms with van der Waals surface area (Å²) < 4.78 is 5.64. The molecule has 0 atom stereocenters. The van der Waals surface area contributed by atoms with Crippen molar-refractivity contribution in [2.75, 3.05) is 6.61 Å². The lowest BCUT2D eigenvalue weighted by Crippen LogP contribution is -2.04. The first-order valence-corrected chi connectivity index (χ1v) is 6.04. The van der Waals surface area contributed by atoms with Crippen molar-refractivity contribution in [3.63, 3.8) is 0 Å². The Balaban J connectivity index is 2.60. The third kappa shape index (κ3) is 3.69. The fourth-order valence-electron chi connectivity index (χ4n) is 1.55. The second-order valence-corrected chi connectivity index (χ2v) is 3.83. The molecule has 0 heterocycles. The van der Waals surface area contributed by atoms with Crippen molar-refractivity contribution in [1.82, 2.24) is 0 Å². The average molecular weight is 220 g/mol. The van der Waals surface area contributed by atoms with Crippen LogP contribution in [-0.2, 0) is 0 Å². The highest BCUT2D eigenvalue weighted by Crippen LogP contribution is 2.19. The molecule has 1 aromatic rings. The van der Waals surface area contributed by atoms with E-state index in [9.17, 15) is 4.79 Å².